The van der Waals surface area contributed by atoms with Crippen LogP contribution >= 0.6 is 0 Å². The quantitative estimate of drug-likeness (QED) is 0.744. The van der Waals surface area contributed by atoms with E-state index >= 15 is 0 Å². The minimum absolute atomic E-state index is 0.0776. The summed E-state index contributed by atoms with van der Waals surface area (Å²) in [5.74, 6) is 3.99. The van der Waals surface area contributed by atoms with Gasteiger partial charge in [0.25, 0.3) is 0 Å². The average molecular weight is 235 g/mol. The SMILES string of the molecule is CC(C)(C)NC(=O)C1C2CC3CC(C2)CC1C3. The van der Waals surface area contributed by atoms with Crippen molar-refractivity contribution in [3.8, 4) is 0 Å². The smallest absolute Gasteiger partial charge is 0.224 e. The summed E-state index contributed by atoms with van der Waals surface area (Å²) in [5.41, 5.74) is -0.0776. The third kappa shape index (κ3) is 2.11. The van der Waals surface area contributed by atoms with Crippen molar-refractivity contribution < 1.29 is 4.79 Å². The second kappa shape index (κ2) is 3.73. The van der Waals surface area contributed by atoms with Gasteiger partial charge in [0.15, 0.2) is 0 Å². The number of carbonyl (C=O) groups is 1. The van der Waals surface area contributed by atoms with Crippen LogP contribution in [0.1, 0.15) is 52.9 Å². The topological polar surface area (TPSA) is 29.1 Å². The molecule has 4 bridgehead atoms. The van der Waals surface area contributed by atoms with Crippen LogP contribution in [-0.4, -0.2) is 11.4 Å². The summed E-state index contributed by atoms with van der Waals surface area (Å²) >= 11 is 0. The van der Waals surface area contributed by atoms with Crippen molar-refractivity contribution in [3.05, 3.63) is 0 Å². The fourth-order valence-corrected chi connectivity index (χ4v) is 4.81. The standard InChI is InChI=1S/C15H25NO/c1-15(2,3)16-14(17)13-11-5-9-4-10(7-11)8-12(13)6-9/h9-13H,4-8H2,1-3H3,(H,16,17). The van der Waals surface area contributed by atoms with Gasteiger partial charge < -0.3 is 5.32 Å². The molecule has 2 heteroatoms. The summed E-state index contributed by atoms with van der Waals surface area (Å²) in [5, 5.41) is 3.21. The third-order valence-electron chi connectivity index (χ3n) is 5.03. The molecule has 0 radical (unpaired) electrons. The Balaban J connectivity index is 1.73. The lowest BCUT2D eigenvalue weighted by molar-refractivity contribution is -0.139. The van der Waals surface area contributed by atoms with E-state index < -0.39 is 0 Å². The maximum atomic E-state index is 12.4. The van der Waals surface area contributed by atoms with Gasteiger partial charge in [-0.2, -0.15) is 0 Å². The van der Waals surface area contributed by atoms with Gasteiger partial charge in [-0.3, -0.25) is 4.79 Å². The Bertz CT molecular complexity index is 300. The first-order valence-electron chi connectivity index (χ1n) is 7.24. The molecular weight excluding hydrogens is 210 g/mol. The van der Waals surface area contributed by atoms with E-state index in [1.165, 1.54) is 32.1 Å². The second-order valence-electron chi connectivity index (χ2n) is 7.70. The minimum atomic E-state index is -0.0776. The lowest BCUT2D eigenvalue weighted by atomic mass is 9.51. The average Bonchev–Trinajstić information content (AvgIpc) is 2.11. The van der Waals surface area contributed by atoms with E-state index in [1.807, 2.05) is 0 Å². The highest BCUT2D eigenvalue weighted by molar-refractivity contribution is 5.80. The van der Waals surface area contributed by atoms with Gasteiger partial charge in [0.1, 0.15) is 0 Å². The van der Waals surface area contributed by atoms with Crippen LogP contribution in [0.25, 0.3) is 0 Å². The van der Waals surface area contributed by atoms with Crippen molar-refractivity contribution in [2.75, 3.05) is 0 Å². The van der Waals surface area contributed by atoms with E-state index in [1.54, 1.807) is 0 Å². The summed E-state index contributed by atoms with van der Waals surface area (Å²) in [7, 11) is 0. The Labute approximate surface area is 105 Å². The van der Waals surface area contributed by atoms with Crippen LogP contribution in [0.4, 0.5) is 0 Å². The third-order valence-corrected chi connectivity index (χ3v) is 5.03. The number of amides is 1. The van der Waals surface area contributed by atoms with Crippen LogP contribution < -0.4 is 5.32 Å². The Kier molecular flexibility index (Phi) is 2.53. The van der Waals surface area contributed by atoms with Gasteiger partial charge in [-0.15, -0.1) is 0 Å². The molecule has 0 saturated heterocycles. The van der Waals surface area contributed by atoms with Crippen LogP contribution in [0, 0.1) is 29.6 Å². The predicted octanol–water partition coefficient (Wildman–Crippen LogP) is 2.97. The van der Waals surface area contributed by atoms with Gasteiger partial charge in [0.2, 0.25) is 5.91 Å². The molecule has 0 heterocycles. The lowest BCUT2D eigenvalue weighted by Gasteiger charge is -2.54. The molecule has 1 amide bonds. The zero-order valence-electron chi connectivity index (χ0n) is 11.3. The molecule has 4 rings (SSSR count). The summed E-state index contributed by atoms with van der Waals surface area (Å²) in [4.78, 5) is 12.4. The Hall–Kier alpha value is -0.530. The number of rotatable bonds is 1. The fraction of sp³-hybridized carbons (Fsp3) is 0.933. The van der Waals surface area contributed by atoms with E-state index in [4.69, 9.17) is 0 Å². The number of carbonyl (C=O) groups excluding carboxylic acids is 1. The van der Waals surface area contributed by atoms with Crippen LogP contribution in [0.15, 0.2) is 0 Å². The molecule has 0 aromatic heterocycles. The Morgan fingerprint density at radius 2 is 1.41 bits per heavy atom. The number of hydrogen-bond acceptors (Lipinski definition) is 1. The van der Waals surface area contributed by atoms with Crippen LogP contribution in [0.2, 0.25) is 0 Å². The molecule has 2 nitrogen and oxygen atoms in total. The van der Waals surface area contributed by atoms with Crippen LogP contribution in [0.3, 0.4) is 0 Å². The van der Waals surface area contributed by atoms with E-state index in [0.717, 1.165) is 11.8 Å². The number of nitrogens with one attached hydrogen (secondary N) is 1. The molecule has 17 heavy (non-hydrogen) atoms. The molecule has 96 valence electrons. The molecule has 0 unspecified atom stereocenters. The molecule has 4 aliphatic carbocycles. The first-order chi connectivity index (χ1) is 7.92. The number of hydrogen-bond donors (Lipinski definition) is 1. The normalized spacial score (nSPS) is 43.8. The maximum absolute atomic E-state index is 12.4. The fourth-order valence-electron chi connectivity index (χ4n) is 4.81. The van der Waals surface area contributed by atoms with Crippen molar-refractivity contribution in [1.29, 1.82) is 0 Å². The molecule has 0 aromatic carbocycles. The second-order valence-corrected chi connectivity index (χ2v) is 7.70. The minimum Gasteiger partial charge on any atom is -0.351 e. The van der Waals surface area contributed by atoms with Crippen molar-refractivity contribution in [1.82, 2.24) is 5.32 Å². The largest absolute Gasteiger partial charge is 0.351 e. The molecule has 1 N–H and O–H groups in total. The first-order valence-corrected chi connectivity index (χ1v) is 7.24. The molecule has 0 atom stereocenters. The highest BCUT2D eigenvalue weighted by Crippen LogP contribution is 2.56. The zero-order valence-corrected chi connectivity index (χ0v) is 11.3. The Morgan fingerprint density at radius 3 is 1.82 bits per heavy atom. The maximum Gasteiger partial charge on any atom is 0.224 e. The molecule has 0 aromatic rings. The Morgan fingerprint density at radius 1 is 0.941 bits per heavy atom. The van der Waals surface area contributed by atoms with Gasteiger partial charge in [0.05, 0.1) is 0 Å². The molecule has 4 aliphatic rings. The summed E-state index contributed by atoms with van der Waals surface area (Å²) < 4.78 is 0. The molecular formula is C15H25NO. The van der Waals surface area contributed by atoms with Crippen molar-refractivity contribution >= 4 is 5.91 Å². The zero-order chi connectivity index (χ0) is 12.2. The predicted molar refractivity (Wildman–Crippen MR) is 68.4 cm³/mol. The van der Waals surface area contributed by atoms with Crippen molar-refractivity contribution in [2.24, 2.45) is 29.6 Å². The van der Waals surface area contributed by atoms with E-state index in [9.17, 15) is 4.79 Å². The van der Waals surface area contributed by atoms with Crippen molar-refractivity contribution in [3.63, 3.8) is 0 Å². The highest BCUT2D eigenvalue weighted by Gasteiger charge is 2.50. The summed E-state index contributed by atoms with van der Waals surface area (Å²) in [6.45, 7) is 6.25. The highest BCUT2D eigenvalue weighted by atomic mass is 16.2. The summed E-state index contributed by atoms with van der Waals surface area (Å²) in [6, 6.07) is 0. The first kappa shape index (κ1) is 11.6. The van der Waals surface area contributed by atoms with Crippen molar-refractivity contribution in [2.45, 2.75) is 58.4 Å². The van der Waals surface area contributed by atoms with Gasteiger partial charge >= 0.3 is 0 Å². The summed E-state index contributed by atoms with van der Waals surface area (Å²) in [6.07, 6.45) is 6.77. The molecule has 0 aliphatic heterocycles. The van der Waals surface area contributed by atoms with Crippen LogP contribution in [0.5, 0.6) is 0 Å². The van der Waals surface area contributed by atoms with Gasteiger partial charge in [-0.05, 0) is 76.5 Å². The monoisotopic (exact) mass is 235 g/mol. The van der Waals surface area contributed by atoms with Gasteiger partial charge in [-0.1, -0.05) is 0 Å². The molecule has 4 fully saturated rings. The lowest BCUT2D eigenvalue weighted by Crippen LogP contribution is -2.54. The van der Waals surface area contributed by atoms with Gasteiger partial charge in [-0.25, -0.2) is 0 Å². The van der Waals surface area contributed by atoms with E-state index in [2.05, 4.69) is 26.1 Å². The van der Waals surface area contributed by atoms with Crippen LogP contribution in [-0.2, 0) is 4.79 Å². The van der Waals surface area contributed by atoms with E-state index in [0.29, 0.717) is 23.7 Å². The van der Waals surface area contributed by atoms with E-state index in [-0.39, 0.29) is 5.54 Å². The molecule has 0 spiro atoms. The van der Waals surface area contributed by atoms with Gasteiger partial charge in [0, 0.05) is 11.5 Å². The molecule has 4 saturated carbocycles.